The molecule has 1 aromatic rings. The van der Waals surface area contributed by atoms with Crippen LogP contribution in [0.15, 0.2) is 18.2 Å². The number of carbonyl (C=O) groups excluding carboxylic acids is 1. The third kappa shape index (κ3) is 5.21. The lowest BCUT2D eigenvalue weighted by Gasteiger charge is -2.32. The third-order valence-electron chi connectivity index (χ3n) is 4.34. The molecule has 0 aromatic heterocycles. The van der Waals surface area contributed by atoms with E-state index in [1.54, 1.807) is 20.8 Å². The Kier molecular flexibility index (Phi) is 5.42. The van der Waals surface area contributed by atoms with Crippen LogP contribution in [0.2, 0.25) is 0 Å². The number of carbonyl (C=O) groups is 1. The molecule has 1 aliphatic rings. The van der Waals surface area contributed by atoms with E-state index in [1.165, 1.54) is 12.1 Å². The molecule has 0 unspecified atom stereocenters. The van der Waals surface area contributed by atoms with E-state index in [0.717, 1.165) is 6.07 Å². The Labute approximate surface area is 159 Å². The maximum absolute atomic E-state index is 12.9. The van der Waals surface area contributed by atoms with E-state index in [2.05, 4.69) is 4.18 Å². The molecule has 1 heterocycles. The summed E-state index contributed by atoms with van der Waals surface area (Å²) in [5.41, 5.74) is -1.87. The molecule has 0 radical (unpaired) electrons. The minimum atomic E-state index is -5.22. The van der Waals surface area contributed by atoms with Gasteiger partial charge >= 0.3 is 23.6 Å². The SMILES string of the molecule is CC(C)(C)OC(=O)c1ccc(OS(=O)(=O)F)cc1B1OC(C)(C)C(C)(C)O1. The molecule has 0 N–H and O–H groups in total. The van der Waals surface area contributed by atoms with Gasteiger partial charge in [-0.2, -0.15) is 8.42 Å². The second kappa shape index (κ2) is 6.75. The van der Waals surface area contributed by atoms with Crippen molar-refractivity contribution in [1.29, 1.82) is 0 Å². The Morgan fingerprint density at radius 1 is 1.11 bits per heavy atom. The van der Waals surface area contributed by atoms with Gasteiger partial charge in [0.2, 0.25) is 0 Å². The van der Waals surface area contributed by atoms with Crippen LogP contribution in [-0.4, -0.2) is 38.3 Å². The van der Waals surface area contributed by atoms with Crippen molar-refractivity contribution in [2.45, 2.75) is 65.3 Å². The first-order chi connectivity index (χ1) is 12.0. The lowest BCUT2D eigenvalue weighted by Crippen LogP contribution is -2.41. The molecule has 150 valence electrons. The summed E-state index contributed by atoms with van der Waals surface area (Å²) in [5, 5.41) is 0. The number of esters is 1. The molecule has 10 heteroatoms. The number of benzene rings is 1. The van der Waals surface area contributed by atoms with E-state index in [1.807, 2.05) is 27.7 Å². The van der Waals surface area contributed by atoms with Crippen molar-refractivity contribution >= 4 is 29.1 Å². The first-order valence-corrected chi connectivity index (χ1v) is 9.69. The van der Waals surface area contributed by atoms with Crippen LogP contribution in [0, 0.1) is 0 Å². The topological polar surface area (TPSA) is 88.1 Å². The molecular weight excluding hydrogens is 378 g/mol. The highest BCUT2D eigenvalue weighted by Gasteiger charge is 2.52. The summed E-state index contributed by atoms with van der Waals surface area (Å²) in [6, 6.07) is 3.64. The standard InChI is InChI=1S/C17H24BFO7S/c1-15(2,3)23-14(20)12-9-8-11(24-27(19,21)22)10-13(12)18-25-16(4,5)17(6,7)26-18/h8-10H,1-7H3. The molecule has 0 saturated carbocycles. The molecule has 1 fully saturated rings. The van der Waals surface area contributed by atoms with Gasteiger partial charge in [-0.1, -0.05) is 3.89 Å². The molecular formula is C17H24BFO7S. The first kappa shape index (κ1) is 21.7. The lowest BCUT2D eigenvalue weighted by molar-refractivity contribution is 0.00578. The van der Waals surface area contributed by atoms with Crippen LogP contribution in [0.25, 0.3) is 0 Å². The van der Waals surface area contributed by atoms with Crippen LogP contribution < -0.4 is 9.65 Å². The summed E-state index contributed by atoms with van der Waals surface area (Å²) >= 11 is 0. The van der Waals surface area contributed by atoms with Crippen molar-refractivity contribution in [2.24, 2.45) is 0 Å². The van der Waals surface area contributed by atoms with Gasteiger partial charge in [-0.3, -0.25) is 0 Å². The molecule has 7 nitrogen and oxygen atoms in total. The normalized spacial score (nSPS) is 19.0. The van der Waals surface area contributed by atoms with Crippen LogP contribution in [0.3, 0.4) is 0 Å². The zero-order chi connectivity index (χ0) is 20.8. The average Bonchev–Trinajstić information content (AvgIpc) is 2.63. The van der Waals surface area contributed by atoms with Gasteiger partial charge in [-0.05, 0) is 66.7 Å². The summed E-state index contributed by atoms with van der Waals surface area (Å²) in [7, 11) is -6.22. The predicted octanol–water partition coefficient (Wildman–Crippen LogP) is 2.53. The summed E-state index contributed by atoms with van der Waals surface area (Å²) in [6.07, 6.45) is 0. The number of ether oxygens (including phenoxy) is 1. The molecule has 0 atom stereocenters. The molecule has 1 saturated heterocycles. The fraction of sp³-hybridized carbons (Fsp3) is 0.588. The molecule has 2 rings (SSSR count). The smallest absolute Gasteiger partial charge is 0.456 e. The monoisotopic (exact) mass is 402 g/mol. The van der Waals surface area contributed by atoms with Gasteiger partial charge in [-0.15, -0.1) is 0 Å². The van der Waals surface area contributed by atoms with E-state index in [0.29, 0.717) is 0 Å². The number of hydrogen-bond acceptors (Lipinski definition) is 7. The molecule has 0 aliphatic carbocycles. The second-order valence-corrected chi connectivity index (χ2v) is 9.27. The maximum Gasteiger partial charge on any atom is 0.495 e. The van der Waals surface area contributed by atoms with Gasteiger partial charge in [-0.25, -0.2) is 4.79 Å². The molecule has 1 aliphatic heterocycles. The Morgan fingerprint density at radius 3 is 2.07 bits per heavy atom. The second-order valence-electron chi connectivity index (χ2n) is 8.32. The fourth-order valence-corrected chi connectivity index (χ4v) is 2.73. The van der Waals surface area contributed by atoms with Gasteiger partial charge in [0.15, 0.2) is 0 Å². The van der Waals surface area contributed by atoms with Crippen molar-refractivity contribution in [3.63, 3.8) is 0 Å². The number of hydrogen-bond donors (Lipinski definition) is 0. The fourth-order valence-electron chi connectivity index (χ4n) is 2.39. The van der Waals surface area contributed by atoms with Crippen molar-refractivity contribution in [3.05, 3.63) is 23.8 Å². The van der Waals surface area contributed by atoms with Crippen LogP contribution in [0.5, 0.6) is 5.75 Å². The van der Waals surface area contributed by atoms with Crippen LogP contribution in [-0.2, 0) is 24.5 Å². The maximum atomic E-state index is 12.9. The average molecular weight is 402 g/mol. The van der Waals surface area contributed by atoms with Gasteiger partial charge in [0, 0.05) is 5.46 Å². The summed E-state index contributed by atoms with van der Waals surface area (Å²) < 4.78 is 56.0. The van der Waals surface area contributed by atoms with E-state index in [9.17, 15) is 17.1 Å². The molecule has 0 spiro atoms. The molecule has 1 aromatic carbocycles. The van der Waals surface area contributed by atoms with E-state index >= 15 is 0 Å². The molecule has 0 amide bonds. The number of halogens is 1. The highest BCUT2D eigenvalue weighted by molar-refractivity contribution is 7.81. The Bertz CT molecular complexity index is 827. The predicted molar refractivity (Wildman–Crippen MR) is 98.0 cm³/mol. The minimum Gasteiger partial charge on any atom is -0.456 e. The van der Waals surface area contributed by atoms with Gasteiger partial charge in [0.05, 0.1) is 16.8 Å². The Hall–Kier alpha value is -1.65. The van der Waals surface area contributed by atoms with Gasteiger partial charge in [0.1, 0.15) is 11.4 Å². The van der Waals surface area contributed by atoms with E-state index in [4.69, 9.17) is 14.0 Å². The minimum absolute atomic E-state index is 0.104. The highest BCUT2D eigenvalue weighted by atomic mass is 32.3. The largest absolute Gasteiger partial charge is 0.495 e. The van der Waals surface area contributed by atoms with Crippen molar-refractivity contribution < 1.29 is 35.3 Å². The number of rotatable bonds is 4. The Morgan fingerprint density at radius 2 is 1.63 bits per heavy atom. The van der Waals surface area contributed by atoms with E-state index < -0.39 is 40.4 Å². The van der Waals surface area contributed by atoms with Gasteiger partial charge < -0.3 is 18.2 Å². The quantitative estimate of drug-likeness (QED) is 0.435. The van der Waals surface area contributed by atoms with Crippen molar-refractivity contribution in [2.75, 3.05) is 0 Å². The van der Waals surface area contributed by atoms with Crippen molar-refractivity contribution in [3.8, 4) is 5.75 Å². The van der Waals surface area contributed by atoms with Crippen molar-refractivity contribution in [1.82, 2.24) is 0 Å². The zero-order valence-corrected chi connectivity index (χ0v) is 17.3. The third-order valence-corrected chi connectivity index (χ3v) is 4.74. The summed E-state index contributed by atoms with van der Waals surface area (Å²) in [6.45, 7) is 12.4. The highest BCUT2D eigenvalue weighted by Crippen LogP contribution is 2.37. The molecule has 27 heavy (non-hydrogen) atoms. The van der Waals surface area contributed by atoms with Crippen LogP contribution >= 0.6 is 0 Å². The zero-order valence-electron chi connectivity index (χ0n) is 16.5. The first-order valence-electron chi connectivity index (χ1n) is 8.38. The lowest BCUT2D eigenvalue weighted by atomic mass is 9.75. The summed E-state index contributed by atoms with van der Waals surface area (Å²) in [4.78, 5) is 12.6. The molecule has 0 bridgehead atoms. The van der Waals surface area contributed by atoms with E-state index in [-0.39, 0.29) is 16.8 Å². The summed E-state index contributed by atoms with van der Waals surface area (Å²) in [5.74, 6) is -0.962. The van der Waals surface area contributed by atoms with Crippen LogP contribution in [0.1, 0.15) is 58.8 Å². The van der Waals surface area contributed by atoms with Gasteiger partial charge in [0.25, 0.3) is 0 Å². The Balaban J connectivity index is 2.50. The van der Waals surface area contributed by atoms with Crippen LogP contribution in [0.4, 0.5) is 3.89 Å².